The number of pyridine rings is 1. The summed E-state index contributed by atoms with van der Waals surface area (Å²) < 4.78 is 26.0. The molecule has 1 amide bonds. The van der Waals surface area contributed by atoms with Crippen LogP contribution in [0.4, 0.5) is 14.5 Å². The van der Waals surface area contributed by atoms with Gasteiger partial charge in [0, 0.05) is 23.9 Å². The zero-order chi connectivity index (χ0) is 16.9. The molecule has 124 valence electrons. The van der Waals surface area contributed by atoms with Gasteiger partial charge in [-0.15, -0.1) is 0 Å². The fraction of sp³-hybridized carbons (Fsp3) is 0.368. The van der Waals surface area contributed by atoms with Crippen LogP contribution in [-0.2, 0) is 4.79 Å². The molecule has 1 N–H and O–H groups in total. The Morgan fingerprint density at radius 3 is 2.58 bits per heavy atom. The summed E-state index contributed by atoms with van der Waals surface area (Å²) in [7, 11) is 0. The molecular formula is C19H18F2N2O. The van der Waals surface area contributed by atoms with E-state index in [0.717, 1.165) is 16.8 Å². The maximum atomic E-state index is 13.0. The summed E-state index contributed by atoms with van der Waals surface area (Å²) in [4.78, 5) is 16.4. The van der Waals surface area contributed by atoms with Crippen molar-refractivity contribution < 1.29 is 13.6 Å². The minimum absolute atomic E-state index is 0.359. The lowest BCUT2D eigenvalue weighted by Gasteiger charge is -2.10. The summed E-state index contributed by atoms with van der Waals surface area (Å²) in [5, 5.41) is 2.59. The molecule has 0 unspecified atom stereocenters. The Morgan fingerprint density at radius 1 is 1.25 bits per heavy atom. The predicted octanol–water partition coefficient (Wildman–Crippen LogP) is 4.53. The zero-order valence-corrected chi connectivity index (χ0v) is 13.4. The normalized spacial score (nSPS) is 21.4. The lowest BCUT2D eigenvalue weighted by molar-refractivity contribution is -0.119. The Labute approximate surface area is 139 Å². The van der Waals surface area contributed by atoms with Crippen molar-refractivity contribution in [2.24, 2.45) is 5.92 Å². The van der Waals surface area contributed by atoms with E-state index in [1.807, 2.05) is 25.3 Å². The number of nitrogens with zero attached hydrogens (tertiary/aromatic N) is 1. The molecule has 0 aliphatic heterocycles. The third-order valence-corrected chi connectivity index (χ3v) is 4.76. The van der Waals surface area contributed by atoms with Crippen molar-refractivity contribution in [1.29, 1.82) is 0 Å². The van der Waals surface area contributed by atoms with Gasteiger partial charge in [0.1, 0.15) is 5.92 Å². The molecule has 3 nitrogen and oxygen atoms in total. The number of nitrogens with one attached hydrogen (secondary N) is 1. The molecule has 1 atom stereocenters. The van der Waals surface area contributed by atoms with E-state index in [-0.39, 0.29) is 6.42 Å². The van der Waals surface area contributed by atoms with Crippen LogP contribution in [-0.4, -0.2) is 16.8 Å². The minimum atomic E-state index is -2.85. The second-order valence-corrected chi connectivity index (χ2v) is 6.79. The van der Waals surface area contributed by atoms with Crippen molar-refractivity contribution in [3.8, 4) is 11.3 Å². The summed E-state index contributed by atoms with van der Waals surface area (Å²) >= 11 is 0. The first-order chi connectivity index (χ1) is 11.4. The van der Waals surface area contributed by atoms with Gasteiger partial charge < -0.3 is 5.32 Å². The highest BCUT2D eigenvalue weighted by atomic mass is 19.3. The van der Waals surface area contributed by atoms with Crippen molar-refractivity contribution in [3.63, 3.8) is 0 Å². The monoisotopic (exact) mass is 328 g/mol. The first-order valence-electron chi connectivity index (χ1n) is 8.20. The molecule has 1 aromatic carbocycles. The van der Waals surface area contributed by atoms with Crippen molar-refractivity contribution in [3.05, 3.63) is 47.7 Å². The van der Waals surface area contributed by atoms with Gasteiger partial charge >= 0.3 is 0 Å². The number of carbonyl (C=O) groups is 1. The van der Waals surface area contributed by atoms with Gasteiger partial charge in [-0.1, -0.05) is 12.1 Å². The van der Waals surface area contributed by atoms with Crippen LogP contribution in [0.1, 0.15) is 36.3 Å². The number of alkyl halides is 2. The van der Waals surface area contributed by atoms with Gasteiger partial charge in [-0.2, -0.15) is 0 Å². The van der Waals surface area contributed by atoms with E-state index in [4.69, 9.17) is 0 Å². The molecule has 2 aliphatic rings. The molecule has 2 saturated carbocycles. The Bertz CT molecular complexity index is 798. The minimum Gasteiger partial charge on any atom is -0.326 e. The molecule has 24 heavy (non-hydrogen) atoms. The second-order valence-electron chi connectivity index (χ2n) is 6.79. The number of halogens is 2. The van der Waals surface area contributed by atoms with E-state index in [1.165, 1.54) is 18.4 Å². The standard InChI is InChI=1S/C19H18F2N2O/c1-11-2-6-14(23-18(24)16-9-19(16,20)21)8-15(11)17-7-5-13(10-22-17)12-3-4-12/h2,5-8,10,12,16H,3-4,9H2,1H3,(H,23,24)/t16-/m1/s1. The highest BCUT2D eigenvalue weighted by molar-refractivity contribution is 5.95. The molecule has 0 bridgehead atoms. The predicted molar refractivity (Wildman–Crippen MR) is 88.1 cm³/mol. The number of benzene rings is 1. The maximum absolute atomic E-state index is 13.0. The summed E-state index contributed by atoms with van der Waals surface area (Å²) in [6, 6.07) is 9.47. The van der Waals surface area contributed by atoms with E-state index < -0.39 is 17.7 Å². The molecule has 0 spiro atoms. The van der Waals surface area contributed by atoms with Crippen molar-refractivity contribution in [2.75, 3.05) is 5.32 Å². The summed E-state index contributed by atoms with van der Waals surface area (Å²) in [6.45, 7) is 1.96. The molecule has 2 aliphatic carbocycles. The number of aromatic nitrogens is 1. The average molecular weight is 328 g/mol. The largest absolute Gasteiger partial charge is 0.326 e. The number of hydrogen-bond donors (Lipinski definition) is 1. The van der Waals surface area contributed by atoms with Crippen LogP contribution in [0, 0.1) is 12.8 Å². The van der Waals surface area contributed by atoms with Crippen LogP contribution < -0.4 is 5.32 Å². The van der Waals surface area contributed by atoms with E-state index in [1.54, 1.807) is 12.1 Å². The topological polar surface area (TPSA) is 42.0 Å². The van der Waals surface area contributed by atoms with E-state index >= 15 is 0 Å². The van der Waals surface area contributed by atoms with Gasteiger partial charge in [-0.25, -0.2) is 8.78 Å². The van der Waals surface area contributed by atoms with Crippen LogP contribution in [0.5, 0.6) is 0 Å². The van der Waals surface area contributed by atoms with E-state index in [2.05, 4.69) is 16.4 Å². The highest BCUT2D eigenvalue weighted by Crippen LogP contribution is 2.49. The molecule has 2 fully saturated rings. The Balaban J connectivity index is 1.55. The van der Waals surface area contributed by atoms with Gasteiger partial charge in [-0.3, -0.25) is 9.78 Å². The van der Waals surface area contributed by atoms with Crippen LogP contribution >= 0.6 is 0 Å². The summed E-state index contributed by atoms with van der Waals surface area (Å²) in [6.07, 6.45) is 4.00. The molecule has 4 rings (SSSR count). The number of aryl methyl sites for hydroxylation is 1. The Morgan fingerprint density at radius 2 is 2.00 bits per heavy atom. The molecular weight excluding hydrogens is 310 g/mol. The molecule has 0 saturated heterocycles. The number of amides is 1. The molecule has 1 aromatic heterocycles. The van der Waals surface area contributed by atoms with Gasteiger partial charge in [0.05, 0.1) is 5.69 Å². The van der Waals surface area contributed by atoms with E-state index in [0.29, 0.717) is 11.6 Å². The quantitative estimate of drug-likeness (QED) is 0.896. The molecule has 2 aromatic rings. The number of anilines is 1. The lowest BCUT2D eigenvalue weighted by atomic mass is 10.0. The number of carbonyl (C=O) groups excluding carboxylic acids is 1. The third-order valence-electron chi connectivity index (χ3n) is 4.76. The second kappa shape index (κ2) is 5.36. The van der Waals surface area contributed by atoms with Crippen LogP contribution in [0.25, 0.3) is 11.3 Å². The number of rotatable bonds is 4. The van der Waals surface area contributed by atoms with Gasteiger partial charge in [0.2, 0.25) is 5.91 Å². The Hall–Kier alpha value is -2.30. The van der Waals surface area contributed by atoms with Gasteiger partial charge in [0.25, 0.3) is 5.92 Å². The fourth-order valence-corrected chi connectivity index (χ4v) is 2.93. The molecule has 0 radical (unpaired) electrons. The summed E-state index contributed by atoms with van der Waals surface area (Å²) in [5.74, 6) is -4.01. The maximum Gasteiger partial charge on any atom is 0.260 e. The lowest BCUT2D eigenvalue weighted by Crippen LogP contribution is -2.17. The van der Waals surface area contributed by atoms with Crippen LogP contribution in [0.2, 0.25) is 0 Å². The van der Waals surface area contributed by atoms with Crippen molar-refractivity contribution in [1.82, 2.24) is 4.98 Å². The van der Waals surface area contributed by atoms with Crippen molar-refractivity contribution in [2.45, 2.75) is 38.0 Å². The van der Waals surface area contributed by atoms with E-state index in [9.17, 15) is 13.6 Å². The number of hydrogen-bond acceptors (Lipinski definition) is 2. The highest BCUT2D eigenvalue weighted by Gasteiger charge is 2.61. The Kier molecular flexibility index (Phi) is 3.41. The molecule has 5 heteroatoms. The third kappa shape index (κ3) is 2.90. The van der Waals surface area contributed by atoms with Crippen LogP contribution in [0.3, 0.4) is 0 Å². The first-order valence-corrected chi connectivity index (χ1v) is 8.20. The average Bonchev–Trinajstić information content (AvgIpc) is 3.46. The fourth-order valence-electron chi connectivity index (χ4n) is 2.93. The molecule has 1 heterocycles. The van der Waals surface area contributed by atoms with Gasteiger partial charge in [-0.05, 0) is 55.0 Å². The smallest absolute Gasteiger partial charge is 0.260 e. The van der Waals surface area contributed by atoms with Gasteiger partial charge in [0.15, 0.2) is 0 Å². The zero-order valence-electron chi connectivity index (χ0n) is 13.4. The van der Waals surface area contributed by atoms with Crippen molar-refractivity contribution >= 4 is 11.6 Å². The summed E-state index contributed by atoms with van der Waals surface area (Å²) in [5.41, 5.74) is 4.53. The SMILES string of the molecule is Cc1ccc(NC(=O)[C@H]2CC2(F)F)cc1-c1ccc(C2CC2)cn1. The first kappa shape index (κ1) is 15.2. The van der Waals surface area contributed by atoms with Crippen LogP contribution in [0.15, 0.2) is 36.5 Å².